The van der Waals surface area contributed by atoms with E-state index in [0.717, 1.165) is 5.56 Å². The maximum absolute atomic E-state index is 12.4. The number of hydrogen-bond acceptors (Lipinski definition) is 2. The van der Waals surface area contributed by atoms with Gasteiger partial charge < -0.3 is 0 Å². The zero-order valence-corrected chi connectivity index (χ0v) is 14.1. The van der Waals surface area contributed by atoms with Crippen LogP contribution in [0.5, 0.6) is 0 Å². The number of hydrogen-bond donors (Lipinski definition) is 1. The van der Waals surface area contributed by atoms with Crippen molar-refractivity contribution in [2.24, 2.45) is 0 Å². The Kier molecular flexibility index (Phi) is 5.17. The molecule has 0 aliphatic carbocycles. The van der Waals surface area contributed by atoms with Crippen molar-refractivity contribution in [3.8, 4) is 0 Å². The fraction of sp³-hybridized carbons (Fsp3) is 0.143. The number of sulfonamides is 1. The van der Waals surface area contributed by atoms with E-state index in [1.165, 1.54) is 18.2 Å². The molecule has 2 aromatic rings. The fourth-order valence-electron chi connectivity index (χ4n) is 1.80. The third-order valence-corrected chi connectivity index (χ3v) is 5.39. The second-order valence-electron chi connectivity index (χ2n) is 4.47. The van der Waals surface area contributed by atoms with Crippen molar-refractivity contribution in [1.29, 1.82) is 0 Å². The smallest absolute Gasteiger partial charge is 0.207 e. The van der Waals surface area contributed by atoms with Gasteiger partial charge in [0, 0.05) is 16.1 Å². The summed E-state index contributed by atoms with van der Waals surface area (Å²) in [5.41, 5.74) is 0.793. The Bertz CT molecular complexity index is 745. The van der Waals surface area contributed by atoms with Crippen LogP contribution in [0.25, 0.3) is 0 Å². The first-order chi connectivity index (χ1) is 9.79. The van der Waals surface area contributed by atoms with Gasteiger partial charge in [-0.1, -0.05) is 46.9 Å². The fourth-order valence-corrected chi connectivity index (χ4v) is 3.92. The Hall–Kier alpha value is -0.780. The topological polar surface area (TPSA) is 46.2 Å². The van der Waals surface area contributed by atoms with Crippen LogP contribution in [0, 0.1) is 0 Å². The molecule has 0 saturated heterocycles. The molecular weight excluding hydrogens is 353 g/mol. The minimum absolute atomic E-state index is 0.0440. The average molecular weight is 365 g/mol. The van der Waals surface area contributed by atoms with Crippen LogP contribution in [0.1, 0.15) is 18.5 Å². The first-order valence-corrected chi connectivity index (χ1v) is 8.64. The van der Waals surface area contributed by atoms with Gasteiger partial charge in [0.1, 0.15) is 4.90 Å². The molecule has 21 heavy (non-hydrogen) atoms. The second kappa shape index (κ2) is 6.55. The summed E-state index contributed by atoms with van der Waals surface area (Å²) in [7, 11) is -3.77. The van der Waals surface area contributed by atoms with E-state index in [2.05, 4.69) is 4.72 Å². The van der Waals surface area contributed by atoms with E-state index >= 15 is 0 Å². The number of rotatable bonds is 4. The van der Waals surface area contributed by atoms with E-state index in [-0.39, 0.29) is 9.92 Å². The molecule has 0 bridgehead atoms. The Labute approximate surface area is 138 Å². The standard InChI is InChI=1S/C14H12Cl3NO2S/c1-9(10-2-4-11(15)5-3-10)18-21(19,20)14-8-12(16)6-7-13(14)17/h2-9,18H,1H3/t9-/m1/s1. The van der Waals surface area contributed by atoms with E-state index < -0.39 is 16.1 Å². The molecule has 0 amide bonds. The molecule has 0 fully saturated rings. The largest absolute Gasteiger partial charge is 0.242 e. The molecular formula is C14H12Cl3NO2S. The quantitative estimate of drug-likeness (QED) is 0.855. The van der Waals surface area contributed by atoms with E-state index in [1.54, 1.807) is 31.2 Å². The van der Waals surface area contributed by atoms with Crippen molar-refractivity contribution in [2.75, 3.05) is 0 Å². The summed E-state index contributed by atoms with van der Waals surface area (Å²) in [4.78, 5) is -0.0440. The first-order valence-electron chi connectivity index (χ1n) is 6.02. The Morgan fingerprint density at radius 2 is 1.52 bits per heavy atom. The van der Waals surface area contributed by atoms with E-state index in [4.69, 9.17) is 34.8 Å². The lowest BCUT2D eigenvalue weighted by Crippen LogP contribution is -2.27. The third kappa shape index (κ3) is 4.11. The monoisotopic (exact) mass is 363 g/mol. The van der Waals surface area contributed by atoms with Gasteiger partial charge in [-0.25, -0.2) is 13.1 Å². The van der Waals surface area contributed by atoms with Crippen molar-refractivity contribution in [3.05, 3.63) is 63.1 Å². The molecule has 0 heterocycles. The Morgan fingerprint density at radius 1 is 0.952 bits per heavy atom. The molecule has 0 aliphatic heterocycles. The van der Waals surface area contributed by atoms with Crippen LogP contribution in [-0.2, 0) is 10.0 Å². The highest BCUT2D eigenvalue weighted by Crippen LogP contribution is 2.26. The van der Waals surface area contributed by atoms with Gasteiger partial charge >= 0.3 is 0 Å². The third-order valence-electron chi connectivity index (χ3n) is 2.88. The lowest BCUT2D eigenvalue weighted by molar-refractivity contribution is 0.567. The van der Waals surface area contributed by atoms with Gasteiger partial charge in [-0.05, 0) is 42.8 Å². The SMILES string of the molecule is C[C@@H](NS(=O)(=O)c1cc(Cl)ccc1Cl)c1ccc(Cl)cc1. The lowest BCUT2D eigenvalue weighted by atomic mass is 10.1. The maximum atomic E-state index is 12.4. The minimum atomic E-state index is -3.77. The molecule has 0 aromatic heterocycles. The minimum Gasteiger partial charge on any atom is -0.207 e. The van der Waals surface area contributed by atoms with Crippen LogP contribution in [-0.4, -0.2) is 8.42 Å². The molecule has 2 aromatic carbocycles. The summed E-state index contributed by atoms with van der Waals surface area (Å²) in [6, 6.07) is 10.8. The van der Waals surface area contributed by atoms with Crippen LogP contribution in [0.3, 0.4) is 0 Å². The zero-order valence-electron chi connectivity index (χ0n) is 11.0. The summed E-state index contributed by atoms with van der Waals surface area (Å²) < 4.78 is 27.3. The van der Waals surface area contributed by atoms with E-state index in [1.807, 2.05) is 0 Å². The zero-order chi connectivity index (χ0) is 15.6. The number of benzene rings is 2. The molecule has 2 rings (SSSR count). The summed E-state index contributed by atoms with van der Waals surface area (Å²) >= 11 is 17.6. The van der Waals surface area contributed by atoms with Crippen molar-refractivity contribution < 1.29 is 8.42 Å². The Morgan fingerprint density at radius 3 is 2.14 bits per heavy atom. The van der Waals surface area contributed by atoms with Gasteiger partial charge in [0.05, 0.1) is 5.02 Å². The van der Waals surface area contributed by atoms with Crippen molar-refractivity contribution in [2.45, 2.75) is 17.9 Å². The average Bonchev–Trinajstić information content (AvgIpc) is 2.41. The summed E-state index contributed by atoms with van der Waals surface area (Å²) in [6.07, 6.45) is 0. The lowest BCUT2D eigenvalue weighted by Gasteiger charge is -2.15. The predicted molar refractivity (Wildman–Crippen MR) is 86.7 cm³/mol. The van der Waals surface area contributed by atoms with Gasteiger partial charge in [-0.15, -0.1) is 0 Å². The molecule has 112 valence electrons. The van der Waals surface area contributed by atoms with Crippen LogP contribution in [0.15, 0.2) is 47.4 Å². The van der Waals surface area contributed by atoms with Crippen LogP contribution in [0.4, 0.5) is 0 Å². The van der Waals surface area contributed by atoms with E-state index in [0.29, 0.717) is 10.0 Å². The molecule has 1 atom stereocenters. The predicted octanol–water partition coefficient (Wildman–Crippen LogP) is 4.69. The van der Waals surface area contributed by atoms with Crippen molar-refractivity contribution >= 4 is 44.8 Å². The summed E-state index contributed by atoms with van der Waals surface area (Å²) in [5.74, 6) is 0. The van der Waals surface area contributed by atoms with E-state index in [9.17, 15) is 8.42 Å². The number of halogens is 3. The van der Waals surface area contributed by atoms with Gasteiger partial charge in [-0.3, -0.25) is 0 Å². The molecule has 0 unspecified atom stereocenters. The summed E-state index contributed by atoms with van der Waals surface area (Å²) in [6.45, 7) is 1.74. The number of nitrogens with one attached hydrogen (secondary N) is 1. The highest BCUT2D eigenvalue weighted by molar-refractivity contribution is 7.89. The van der Waals surface area contributed by atoms with Crippen LogP contribution < -0.4 is 4.72 Å². The normalized spacial score (nSPS) is 13.1. The first kappa shape index (κ1) is 16.6. The van der Waals surface area contributed by atoms with Gasteiger partial charge in [0.15, 0.2) is 0 Å². The second-order valence-corrected chi connectivity index (χ2v) is 7.43. The molecule has 0 spiro atoms. The van der Waals surface area contributed by atoms with Gasteiger partial charge in [0.2, 0.25) is 10.0 Å². The highest BCUT2D eigenvalue weighted by atomic mass is 35.5. The molecule has 0 radical (unpaired) electrons. The maximum Gasteiger partial charge on any atom is 0.242 e. The molecule has 1 N–H and O–H groups in total. The summed E-state index contributed by atoms with van der Waals surface area (Å²) in [5, 5.41) is 1.01. The Balaban J connectivity index is 2.28. The molecule has 0 saturated carbocycles. The van der Waals surface area contributed by atoms with Gasteiger partial charge in [0.25, 0.3) is 0 Å². The molecule has 3 nitrogen and oxygen atoms in total. The molecule has 0 aliphatic rings. The highest BCUT2D eigenvalue weighted by Gasteiger charge is 2.21. The van der Waals surface area contributed by atoms with Gasteiger partial charge in [-0.2, -0.15) is 0 Å². The molecule has 7 heteroatoms. The van der Waals surface area contributed by atoms with Crippen LogP contribution in [0.2, 0.25) is 15.1 Å². The van der Waals surface area contributed by atoms with Crippen LogP contribution >= 0.6 is 34.8 Å². The van der Waals surface area contributed by atoms with Crippen molar-refractivity contribution in [1.82, 2.24) is 4.72 Å². The van der Waals surface area contributed by atoms with Crippen molar-refractivity contribution in [3.63, 3.8) is 0 Å².